The zero-order chi connectivity index (χ0) is 30.2. The maximum absolute atomic E-state index is 13.6. The first-order chi connectivity index (χ1) is 19.5. The Balaban J connectivity index is 2.09. The minimum absolute atomic E-state index is 0.0553. The molecule has 1 aliphatic rings. The summed E-state index contributed by atoms with van der Waals surface area (Å²) in [5.74, 6) is 0.165. The molecular formula is C28H30F3N5O4S. The fourth-order valence-corrected chi connectivity index (χ4v) is 5.22. The third kappa shape index (κ3) is 7.39. The van der Waals surface area contributed by atoms with Gasteiger partial charge in [-0.3, -0.25) is 15.2 Å². The smallest absolute Gasteiger partial charge is 0.416 e. The van der Waals surface area contributed by atoms with Gasteiger partial charge in [-0.1, -0.05) is 18.2 Å². The molecule has 2 aromatic carbocycles. The summed E-state index contributed by atoms with van der Waals surface area (Å²) in [4.78, 5) is 28.9. The number of carbonyl (C=O) groups is 2. The Morgan fingerprint density at radius 2 is 1.85 bits per heavy atom. The number of rotatable bonds is 10. The molecule has 218 valence electrons. The maximum atomic E-state index is 13.6. The first-order valence-electron chi connectivity index (χ1n) is 12.7. The number of guanidine groups is 1. The first kappa shape index (κ1) is 31.5. The summed E-state index contributed by atoms with van der Waals surface area (Å²) in [6, 6.07) is 10.5. The molecule has 2 amide bonds. The molecular weight excluding hydrogens is 559 g/mol. The summed E-state index contributed by atoms with van der Waals surface area (Å²) in [6.07, 6.45) is -3.42. The van der Waals surface area contributed by atoms with Gasteiger partial charge < -0.3 is 15.2 Å². The summed E-state index contributed by atoms with van der Waals surface area (Å²) < 4.78 is 45.6. The Bertz CT molecular complexity index is 1340. The van der Waals surface area contributed by atoms with Crippen LogP contribution >= 0.6 is 11.8 Å². The molecule has 0 aromatic heterocycles. The van der Waals surface area contributed by atoms with E-state index in [1.165, 1.54) is 31.2 Å². The Labute approximate surface area is 240 Å². The number of nitrogens with zero attached hydrogens (tertiary/aromatic N) is 3. The number of benzene rings is 2. The molecule has 13 heteroatoms. The van der Waals surface area contributed by atoms with Crippen molar-refractivity contribution in [1.82, 2.24) is 10.2 Å². The van der Waals surface area contributed by atoms with Crippen LogP contribution in [0.25, 0.3) is 0 Å². The van der Waals surface area contributed by atoms with Crippen LogP contribution < -0.4 is 10.2 Å². The highest BCUT2D eigenvalue weighted by molar-refractivity contribution is 7.99. The second-order valence-corrected chi connectivity index (χ2v) is 10.2. The predicted octanol–water partition coefficient (Wildman–Crippen LogP) is 5.04. The monoisotopic (exact) mass is 589 g/mol. The van der Waals surface area contributed by atoms with Crippen molar-refractivity contribution >= 4 is 35.4 Å². The van der Waals surface area contributed by atoms with Gasteiger partial charge in [0.25, 0.3) is 0 Å². The standard InChI is InChI=1S/C28H30F3N5O4S/c1-18-23(25(38)40-2)24(20-10-8-19(17-32)9-11-20)36(27(39)34-12-4-14-41-15-5-13-37)26(33)35(18)22-7-3-6-21(16-22)28(29,30)31/h3,6-11,16,24,33,37H,4-5,12-15H2,1-2H3,(H,34,39)/t24-/m1/s1. The number of anilines is 1. The van der Waals surface area contributed by atoms with E-state index in [2.05, 4.69) is 5.32 Å². The number of methoxy groups -OCH3 is 1. The SMILES string of the molecule is COC(=O)C1=C(C)N(c2cccc(C(F)(F)F)c2)C(=N)N(C(=O)NCCCSCCCO)[C@@H]1c1ccc(C#N)cc1. The third-order valence-corrected chi connectivity index (χ3v) is 7.45. The summed E-state index contributed by atoms with van der Waals surface area (Å²) in [5, 5.41) is 29.9. The normalized spacial score (nSPS) is 15.5. The number of nitriles is 1. The van der Waals surface area contributed by atoms with E-state index in [0.717, 1.165) is 34.8 Å². The van der Waals surface area contributed by atoms with Gasteiger partial charge in [-0.2, -0.15) is 30.2 Å². The van der Waals surface area contributed by atoms with Gasteiger partial charge in [0.15, 0.2) is 0 Å². The van der Waals surface area contributed by atoms with Gasteiger partial charge in [0.2, 0.25) is 5.96 Å². The van der Waals surface area contributed by atoms with Crippen molar-refractivity contribution < 1.29 is 32.6 Å². The quantitative estimate of drug-likeness (QED) is 0.262. The number of aliphatic hydroxyl groups excluding tert-OH is 1. The number of allylic oxidation sites excluding steroid dienone is 1. The molecule has 0 bridgehead atoms. The minimum atomic E-state index is -4.66. The number of halogens is 3. The van der Waals surface area contributed by atoms with Crippen LogP contribution in [0.5, 0.6) is 0 Å². The van der Waals surface area contributed by atoms with E-state index in [-0.39, 0.29) is 30.1 Å². The molecule has 9 nitrogen and oxygen atoms in total. The number of ether oxygens (including phenoxy) is 1. The largest absolute Gasteiger partial charge is 0.466 e. The Morgan fingerprint density at radius 1 is 1.17 bits per heavy atom. The van der Waals surface area contributed by atoms with E-state index in [1.54, 1.807) is 23.9 Å². The predicted molar refractivity (Wildman–Crippen MR) is 149 cm³/mol. The average Bonchev–Trinajstić information content (AvgIpc) is 2.95. The van der Waals surface area contributed by atoms with Crippen molar-refractivity contribution in [2.75, 3.05) is 36.7 Å². The number of hydrogen-bond acceptors (Lipinski definition) is 7. The molecule has 1 atom stereocenters. The van der Waals surface area contributed by atoms with E-state index in [1.807, 2.05) is 6.07 Å². The van der Waals surface area contributed by atoms with Crippen LogP contribution in [0, 0.1) is 16.7 Å². The maximum Gasteiger partial charge on any atom is 0.416 e. The molecule has 0 saturated heterocycles. The third-order valence-electron chi connectivity index (χ3n) is 6.30. The van der Waals surface area contributed by atoms with Gasteiger partial charge in [0.1, 0.15) is 6.04 Å². The van der Waals surface area contributed by atoms with Crippen LogP contribution in [0.1, 0.15) is 42.5 Å². The van der Waals surface area contributed by atoms with E-state index >= 15 is 0 Å². The number of thioether (sulfide) groups is 1. The Morgan fingerprint density at radius 3 is 2.46 bits per heavy atom. The summed E-state index contributed by atoms with van der Waals surface area (Å²) in [7, 11) is 1.14. The van der Waals surface area contributed by atoms with Gasteiger partial charge in [-0.05, 0) is 67.2 Å². The van der Waals surface area contributed by atoms with Crippen LogP contribution in [0.2, 0.25) is 0 Å². The van der Waals surface area contributed by atoms with E-state index < -0.39 is 35.7 Å². The Kier molecular flexibility index (Phi) is 10.8. The van der Waals surface area contributed by atoms with Gasteiger partial charge in [0.05, 0.1) is 29.9 Å². The van der Waals surface area contributed by atoms with Crippen molar-refractivity contribution in [2.45, 2.75) is 32.0 Å². The molecule has 0 saturated carbocycles. The lowest BCUT2D eigenvalue weighted by atomic mass is 9.92. The highest BCUT2D eigenvalue weighted by Crippen LogP contribution is 2.41. The molecule has 0 radical (unpaired) electrons. The summed E-state index contributed by atoms with van der Waals surface area (Å²) >= 11 is 1.61. The van der Waals surface area contributed by atoms with Crippen molar-refractivity contribution in [3.63, 3.8) is 0 Å². The summed E-state index contributed by atoms with van der Waals surface area (Å²) in [6.45, 7) is 1.79. The lowest BCUT2D eigenvalue weighted by Crippen LogP contribution is -2.56. The number of hydrogen-bond donors (Lipinski definition) is 3. The highest BCUT2D eigenvalue weighted by Gasteiger charge is 2.44. The molecule has 3 N–H and O–H groups in total. The van der Waals surface area contributed by atoms with E-state index in [9.17, 15) is 28.0 Å². The van der Waals surface area contributed by atoms with E-state index in [0.29, 0.717) is 29.7 Å². The summed E-state index contributed by atoms with van der Waals surface area (Å²) in [5.41, 5.74) is -0.244. The van der Waals surface area contributed by atoms with E-state index in [4.69, 9.17) is 15.3 Å². The number of urea groups is 1. The molecule has 1 aliphatic heterocycles. The number of alkyl halides is 3. The van der Waals surface area contributed by atoms with Crippen molar-refractivity contribution in [1.29, 1.82) is 10.7 Å². The van der Waals surface area contributed by atoms with Gasteiger partial charge >= 0.3 is 18.2 Å². The van der Waals surface area contributed by atoms with Gasteiger partial charge in [-0.15, -0.1) is 0 Å². The second-order valence-electron chi connectivity index (χ2n) is 8.98. The number of nitrogens with one attached hydrogen (secondary N) is 2. The van der Waals surface area contributed by atoms with Crippen molar-refractivity contribution in [2.24, 2.45) is 0 Å². The zero-order valence-corrected chi connectivity index (χ0v) is 23.3. The Hall–Kier alpha value is -4.02. The van der Waals surface area contributed by atoms with Crippen molar-refractivity contribution in [3.8, 4) is 6.07 Å². The number of carbonyl (C=O) groups excluding carboxylic acids is 2. The van der Waals surface area contributed by atoms with Crippen LogP contribution in [-0.4, -0.2) is 59.7 Å². The highest BCUT2D eigenvalue weighted by atomic mass is 32.2. The van der Waals surface area contributed by atoms with Crippen molar-refractivity contribution in [3.05, 3.63) is 76.5 Å². The molecule has 41 heavy (non-hydrogen) atoms. The van der Waals surface area contributed by atoms with Gasteiger partial charge in [-0.25, -0.2) is 9.59 Å². The average molecular weight is 590 g/mol. The number of esters is 1. The van der Waals surface area contributed by atoms with Crippen LogP contribution in [0.3, 0.4) is 0 Å². The minimum Gasteiger partial charge on any atom is -0.466 e. The zero-order valence-electron chi connectivity index (χ0n) is 22.5. The molecule has 2 aromatic rings. The molecule has 0 aliphatic carbocycles. The molecule has 0 fully saturated rings. The molecule has 1 heterocycles. The number of amides is 2. The van der Waals surface area contributed by atoms with Crippen LogP contribution in [0.4, 0.5) is 23.7 Å². The van der Waals surface area contributed by atoms with Gasteiger partial charge in [0, 0.05) is 24.5 Å². The van der Waals surface area contributed by atoms with Crippen LogP contribution in [-0.2, 0) is 15.7 Å². The topological polar surface area (TPSA) is 130 Å². The molecule has 0 spiro atoms. The lowest BCUT2D eigenvalue weighted by Gasteiger charge is -2.43. The molecule has 3 rings (SSSR count). The molecule has 0 unspecified atom stereocenters. The second kappa shape index (κ2) is 14.0. The fraction of sp³-hybridized carbons (Fsp3) is 0.357. The van der Waals surface area contributed by atoms with Crippen LogP contribution in [0.15, 0.2) is 59.8 Å². The fourth-order valence-electron chi connectivity index (χ4n) is 4.34. The number of aliphatic hydroxyl groups is 1. The lowest BCUT2D eigenvalue weighted by molar-refractivity contribution is -0.138. The first-order valence-corrected chi connectivity index (χ1v) is 13.8.